The molecular formula is C13H16N4O3S. The van der Waals surface area contributed by atoms with Crippen LogP contribution in [-0.2, 0) is 6.54 Å². The van der Waals surface area contributed by atoms with Crippen LogP contribution < -0.4 is 20.9 Å². The van der Waals surface area contributed by atoms with E-state index in [0.29, 0.717) is 42.1 Å². The van der Waals surface area contributed by atoms with Crippen LogP contribution in [-0.4, -0.2) is 28.0 Å². The van der Waals surface area contributed by atoms with Gasteiger partial charge in [0.05, 0.1) is 0 Å². The Hall–Kier alpha value is -2.09. The molecule has 0 radical (unpaired) electrons. The lowest BCUT2D eigenvalue weighted by molar-refractivity contribution is 0.171. The molecule has 0 spiro atoms. The minimum absolute atomic E-state index is 0.213. The number of H-pyrrole nitrogens is 1. The Morgan fingerprint density at radius 1 is 1.38 bits per heavy atom. The van der Waals surface area contributed by atoms with Crippen LogP contribution in [0.1, 0.15) is 13.3 Å². The van der Waals surface area contributed by atoms with E-state index in [1.54, 1.807) is 10.6 Å². The number of nitrogens with two attached hydrogens (primary N) is 1. The van der Waals surface area contributed by atoms with Crippen molar-refractivity contribution in [2.24, 2.45) is 0 Å². The zero-order valence-electron chi connectivity index (χ0n) is 11.6. The molecule has 0 fully saturated rings. The Bertz CT molecular complexity index is 710. The van der Waals surface area contributed by atoms with Crippen molar-refractivity contribution in [3.8, 4) is 11.5 Å². The van der Waals surface area contributed by atoms with Crippen molar-refractivity contribution in [1.82, 2.24) is 14.8 Å². The highest BCUT2D eigenvalue weighted by molar-refractivity contribution is 7.99. The summed E-state index contributed by atoms with van der Waals surface area (Å²) in [5.41, 5.74) is 6.40. The highest BCUT2D eigenvalue weighted by atomic mass is 32.2. The number of aromatic amines is 1. The van der Waals surface area contributed by atoms with Crippen LogP contribution in [0.4, 0.5) is 5.69 Å². The molecule has 3 rings (SSSR count). The first-order valence-electron chi connectivity index (χ1n) is 6.71. The quantitative estimate of drug-likeness (QED) is 0.831. The number of anilines is 1. The number of aromatic nitrogens is 3. The minimum Gasteiger partial charge on any atom is -0.486 e. The van der Waals surface area contributed by atoms with E-state index in [-0.39, 0.29) is 5.69 Å². The van der Waals surface area contributed by atoms with Crippen molar-refractivity contribution in [3.63, 3.8) is 0 Å². The lowest BCUT2D eigenvalue weighted by Crippen LogP contribution is -2.17. The molecule has 1 aromatic carbocycles. The summed E-state index contributed by atoms with van der Waals surface area (Å²) < 4.78 is 12.6. The first kappa shape index (κ1) is 13.9. The van der Waals surface area contributed by atoms with Crippen LogP contribution in [0.2, 0.25) is 0 Å². The summed E-state index contributed by atoms with van der Waals surface area (Å²) in [5, 5.41) is 7.10. The number of hydrogen-bond acceptors (Lipinski definition) is 6. The van der Waals surface area contributed by atoms with Gasteiger partial charge in [-0.15, -0.1) is 5.10 Å². The summed E-state index contributed by atoms with van der Waals surface area (Å²) in [6, 6.07) is 3.57. The standard InChI is InChI=1S/C13H16N4O3S/c1-2-3-17-12(18)15-16-13(17)21-11-7-10-9(6-8(11)14)19-4-5-20-10/h6-7H,2-5,14H2,1H3,(H,15,18). The summed E-state index contributed by atoms with van der Waals surface area (Å²) in [6.45, 7) is 3.66. The predicted octanol–water partition coefficient (Wildman–Crippen LogP) is 1.49. The lowest BCUT2D eigenvalue weighted by atomic mass is 10.2. The van der Waals surface area contributed by atoms with Gasteiger partial charge in [0.25, 0.3) is 0 Å². The van der Waals surface area contributed by atoms with Crippen molar-refractivity contribution >= 4 is 17.4 Å². The van der Waals surface area contributed by atoms with Gasteiger partial charge in [-0.1, -0.05) is 6.92 Å². The summed E-state index contributed by atoms with van der Waals surface area (Å²) in [5.74, 6) is 1.31. The molecule has 3 N–H and O–H groups in total. The average molecular weight is 308 g/mol. The van der Waals surface area contributed by atoms with Gasteiger partial charge in [0.1, 0.15) is 13.2 Å². The number of benzene rings is 1. The molecule has 0 unspecified atom stereocenters. The molecule has 8 heteroatoms. The Balaban J connectivity index is 1.93. The van der Waals surface area contributed by atoms with Gasteiger partial charge in [-0.25, -0.2) is 9.89 Å². The van der Waals surface area contributed by atoms with Crippen LogP contribution in [0, 0.1) is 0 Å². The first-order valence-corrected chi connectivity index (χ1v) is 7.53. The molecule has 0 amide bonds. The number of nitrogens with one attached hydrogen (secondary N) is 1. The predicted molar refractivity (Wildman–Crippen MR) is 79.1 cm³/mol. The van der Waals surface area contributed by atoms with E-state index in [2.05, 4.69) is 10.2 Å². The summed E-state index contributed by atoms with van der Waals surface area (Å²) in [7, 11) is 0. The fourth-order valence-corrected chi connectivity index (χ4v) is 2.99. The number of nitrogens with zero attached hydrogens (tertiary/aromatic N) is 2. The largest absolute Gasteiger partial charge is 0.486 e. The highest BCUT2D eigenvalue weighted by Gasteiger charge is 2.17. The average Bonchev–Trinajstić information content (AvgIpc) is 2.81. The van der Waals surface area contributed by atoms with Gasteiger partial charge in [-0.05, 0) is 18.2 Å². The molecule has 2 heterocycles. The van der Waals surface area contributed by atoms with Crippen LogP contribution in [0.3, 0.4) is 0 Å². The van der Waals surface area contributed by atoms with Gasteiger partial charge in [0, 0.05) is 29.3 Å². The molecule has 1 aromatic heterocycles. The first-order chi connectivity index (χ1) is 10.2. The van der Waals surface area contributed by atoms with E-state index in [1.165, 1.54) is 11.8 Å². The number of hydrogen-bond donors (Lipinski definition) is 2. The van der Waals surface area contributed by atoms with Crippen molar-refractivity contribution in [2.75, 3.05) is 18.9 Å². The van der Waals surface area contributed by atoms with Crippen molar-refractivity contribution in [3.05, 3.63) is 22.6 Å². The van der Waals surface area contributed by atoms with Crippen molar-refractivity contribution in [2.45, 2.75) is 29.9 Å². The van der Waals surface area contributed by atoms with E-state index in [1.807, 2.05) is 13.0 Å². The van der Waals surface area contributed by atoms with Crippen molar-refractivity contribution in [1.29, 1.82) is 0 Å². The van der Waals surface area contributed by atoms with Crippen LogP contribution in [0.15, 0.2) is 27.0 Å². The smallest absolute Gasteiger partial charge is 0.343 e. The Morgan fingerprint density at radius 3 is 2.81 bits per heavy atom. The number of rotatable bonds is 4. The molecule has 0 bridgehead atoms. The van der Waals surface area contributed by atoms with Gasteiger partial charge in [0.15, 0.2) is 16.7 Å². The Labute approximate surface area is 125 Å². The van der Waals surface area contributed by atoms with Crippen LogP contribution in [0.5, 0.6) is 11.5 Å². The van der Waals surface area contributed by atoms with Gasteiger partial charge in [-0.2, -0.15) is 0 Å². The number of ether oxygens (including phenoxy) is 2. The third-order valence-corrected chi connectivity index (χ3v) is 4.11. The molecule has 0 aliphatic carbocycles. The van der Waals surface area contributed by atoms with E-state index < -0.39 is 0 Å². The maximum Gasteiger partial charge on any atom is 0.343 e. The summed E-state index contributed by atoms with van der Waals surface area (Å²) in [6.07, 6.45) is 0.851. The minimum atomic E-state index is -0.213. The molecule has 0 atom stereocenters. The van der Waals surface area contributed by atoms with Crippen molar-refractivity contribution < 1.29 is 9.47 Å². The topological polar surface area (TPSA) is 95.2 Å². The molecular weight excluding hydrogens is 292 g/mol. The Morgan fingerprint density at radius 2 is 2.10 bits per heavy atom. The molecule has 7 nitrogen and oxygen atoms in total. The molecule has 1 aliphatic rings. The zero-order valence-corrected chi connectivity index (χ0v) is 12.4. The molecule has 112 valence electrons. The molecule has 1 aliphatic heterocycles. The van der Waals surface area contributed by atoms with E-state index in [4.69, 9.17) is 15.2 Å². The maximum atomic E-state index is 11.7. The second kappa shape index (κ2) is 5.72. The van der Waals surface area contributed by atoms with Gasteiger partial charge in [0.2, 0.25) is 0 Å². The van der Waals surface area contributed by atoms with E-state index in [9.17, 15) is 4.79 Å². The zero-order chi connectivity index (χ0) is 14.8. The van der Waals surface area contributed by atoms with E-state index >= 15 is 0 Å². The highest BCUT2D eigenvalue weighted by Crippen LogP contribution is 2.40. The van der Waals surface area contributed by atoms with Crippen LogP contribution in [0.25, 0.3) is 0 Å². The second-order valence-corrected chi connectivity index (χ2v) is 5.61. The normalized spacial score (nSPS) is 13.4. The third-order valence-electron chi connectivity index (χ3n) is 3.05. The van der Waals surface area contributed by atoms with E-state index in [0.717, 1.165) is 11.3 Å². The summed E-state index contributed by atoms with van der Waals surface area (Å²) in [4.78, 5) is 12.5. The Kier molecular flexibility index (Phi) is 3.78. The number of nitrogen functional groups attached to an aromatic ring is 1. The maximum absolute atomic E-state index is 11.7. The lowest BCUT2D eigenvalue weighted by Gasteiger charge is -2.19. The van der Waals surface area contributed by atoms with Crippen LogP contribution >= 0.6 is 11.8 Å². The fraction of sp³-hybridized carbons (Fsp3) is 0.385. The van der Waals surface area contributed by atoms with Gasteiger partial charge >= 0.3 is 5.69 Å². The molecule has 0 saturated heterocycles. The summed E-state index contributed by atoms with van der Waals surface area (Å²) >= 11 is 1.33. The molecule has 0 saturated carbocycles. The number of fused-ring (bicyclic) bond motifs is 1. The second-order valence-electron chi connectivity index (χ2n) is 4.60. The molecule has 21 heavy (non-hydrogen) atoms. The van der Waals surface area contributed by atoms with Gasteiger partial charge in [-0.3, -0.25) is 4.57 Å². The molecule has 2 aromatic rings. The fourth-order valence-electron chi connectivity index (χ4n) is 2.07. The third kappa shape index (κ3) is 2.71. The van der Waals surface area contributed by atoms with Gasteiger partial charge < -0.3 is 15.2 Å². The monoisotopic (exact) mass is 308 g/mol. The SMILES string of the molecule is CCCn1c(Sc2cc3c(cc2N)OCCO3)n[nH]c1=O.